The number of nitrogens with zero attached hydrogens (tertiary/aromatic N) is 3. The quantitative estimate of drug-likeness (QED) is 0.922. The Morgan fingerprint density at radius 2 is 2.14 bits per heavy atom. The molecule has 0 bridgehead atoms. The highest BCUT2D eigenvalue weighted by Crippen LogP contribution is 2.20. The van der Waals surface area contributed by atoms with E-state index < -0.39 is 0 Å². The highest BCUT2D eigenvalue weighted by Gasteiger charge is 2.20. The molecule has 21 heavy (non-hydrogen) atoms. The normalized spacial score (nSPS) is 16.5. The SMILES string of the molecule is CCc1nsc(NCC(C)N2CCc3ccccc3C2)n1. The molecule has 3 rings (SSSR count). The molecule has 1 N–H and O–H groups in total. The fourth-order valence-electron chi connectivity index (χ4n) is 2.73. The van der Waals surface area contributed by atoms with E-state index in [1.807, 2.05) is 0 Å². The molecular formula is C16H22N4S. The molecule has 1 atom stereocenters. The van der Waals surface area contributed by atoms with Crippen molar-refractivity contribution in [3.05, 3.63) is 41.2 Å². The molecule has 1 aromatic carbocycles. The smallest absolute Gasteiger partial charge is 0.202 e. The monoisotopic (exact) mass is 302 g/mol. The largest absolute Gasteiger partial charge is 0.359 e. The summed E-state index contributed by atoms with van der Waals surface area (Å²) in [5, 5.41) is 4.36. The van der Waals surface area contributed by atoms with E-state index in [9.17, 15) is 0 Å². The molecule has 1 aliphatic heterocycles. The van der Waals surface area contributed by atoms with Crippen molar-refractivity contribution in [3.8, 4) is 0 Å². The van der Waals surface area contributed by atoms with Gasteiger partial charge in [-0.05, 0) is 24.5 Å². The second kappa shape index (κ2) is 6.54. The minimum absolute atomic E-state index is 0.493. The summed E-state index contributed by atoms with van der Waals surface area (Å²) in [5.74, 6) is 0.932. The molecule has 1 aromatic heterocycles. The summed E-state index contributed by atoms with van der Waals surface area (Å²) in [7, 11) is 0. The second-order valence-electron chi connectivity index (χ2n) is 5.59. The van der Waals surface area contributed by atoms with Crippen LogP contribution in [0.15, 0.2) is 24.3 Å². The van der Waals surface area contributed by atoms with Crippen LogP contribution in [0.1, 0.15) is 30.8 Å². The second-order valence-corrected chi connectivity index (χ2v) is 6.34. The van der Waals surface area contributed by atoms with Crippen LogP contribution in [-0.2, 0) is 19.4 Å². The van der Waals surface area contributed by atoms with Gasteiger partial charge in [-0.3, -0.25) is 4.90 Å². The zero-order chi connectivity index (χ0) is 14.7. The first-order valence-corrected chi connectivity index (χ1v) is 8.41. The number of aryl methyl sites for hydroxylation is 1. The molecule has 2 aromatic rings. The molecule has 5 heteroatoms. The van der Waals surface area contributed by atoms with Gasteiger partial charge in [0, 0.05) is 43.6 Å². The molecule has 4 nitrogen and oxygen atoms in total. The molecule has 0 radical (unpaired) electrons. The van der Waals surface area contributed by atoms with E-state index in [1.54, 1.807) is 0 Å². The third-order valence-corrected chi connectivity index (χ3v) is 4.83. The van der Waals surface area contributed by atoms with Crippen LogP contribution in [0.5, 0.6) is 0 Å². The summed E-state index contributed by atoms with van der Waals surface area (Å²) in [6.45, 7) is 7.47. The summed E-state index contributed by atoms with van der Waals surface area (Å²) >= 11 is 1.46. The fourth-order valence-corrected chi connectivity index (χ4v) is 3.38. The Bertz CT molecular complexity index is 595. The van der Waals surface area contributed by atoms with Gasteiger partial charge < -0.3 is 5.32 Å². The summed E-state index contributed by atoms with van der Waals surface area (Å²) in [5.41, 5.74) is 2.98. The van der Waals surface area contributed by atoms with Gasteiger partial charge in [0.15, 0.2) is 0 Å². The van der Waals surface area contributed by atoms with Crippen LogP contribution < -0.4 is 5.32 Å². The lowest BCUT2D eigenvalue weighted by atomic mass is 9.99. The highest BCUT2D eigenvalue weighted by atomic mass is 32.1. The van der Waals surface area contributed by atoms with Crippen LogP contribution in [0, 0.1) is 0 Å². The topological polar surface area (TPSA) is 41.1 Å². The molecule has 0 aliphatic carbocycles. The summed E-state index contributed by atoms with van der Waals surface area (Å²) < 4.78 is 4.31. The van der Waals surface area contributed by atoms with Gasteiger partial charge in [-0.2, -0.15) is 4.37 Å². The fraction of sp³-hybridized carbons (Fsp3) is 0.500. The van der Waals surface area contributed by atoms with Gasteiger partial charge in [-0.1, -0.05) is 31.2 Å². The number of hydrogen-bond donors (Lipinski definition) is 1. The molecular weight excluding hydrogens is 280 g/mol. The van der Waals surface area contributed by atoms with E-state index in [1.165, 1.54) is 22.7 Å². The van der Waals surface area contributed by atoms with E-state index in [0.717, 1.165) is 43.4 Å². The number of nitrogens with one attached hydrogen (secondary N) is 1. The molecule has 0 spiro atoms. The third kappa shape index (κ3) is 3.41. The van der Waals surface area contributed by atoms with Gasteiger partial charge in [-0.15, -0.1) is 0 Å². The van der Waals surface area contributed by atoms with Crippen LogP contribution in [0.2, 0.25) is 0 Å². The van der Waals surface area contributed by atoms with Crippen LogP contribution in [0.3, 0.4) is 0 Å². The van der Waals surface area contributed by atoms with Crippen molar-refractivity contribution in [2.24, 2.45) is 0 Å². The molecule has 0 saturated heterocycles. The van der Waals surface area contributed by atoms with Gasteiger partial charge in [0.05, 0.1) is 0 Å². The summed E-state index contributed by atoms with van der Waals surface area (Å²) in [4.78, 5) is 7.00. The maximum absolute atomic E-state index is 4.46. The van der Waals surface area contributed by atoms with E-state index >= 15 is 0 Å². The predicted molar refractivity (Wildman–Crippen MR) is 87.8 cm³/mol. The van der Waals surface area contributed by atoms with Crippen LogP contribution >= 0.6 is 11.5 Å². The van der Waals surface area contributed by atoms with Crippen molar-refractivity contribution in [2.45, 2.75) is 39.3 Å². The lowest BCUT2D eigenvalue weighted by Crippen LogP contribution is -2.41. The molecule has 1 aliphatic rings. The molecule has 0 saturated carbocycles. The number of fused-ring (bicyclic) bond motifs is 1. The van der Waals surface area contributed by atoms with Crippen molar-refractivity contribution in [1.82, 2.24) is 14.3 Å². The van der Waals surface area contributed by atoms with E-state index in [0.29, 0.717) is 6.04 Å². The van der Waals surface area contributed by atoms with E-state index in [4.69, 9.17) is 0 Å². The zero-order valence-electron chi connectivity index (χ0n) is 12.7. The van der Waals surface area contributed by atoms with E-state index in [-0.39, 0.29) is 0 Å². The Morgan fingerprint density at radius 1 is 1.33 bits per heavy atom. The lowest BCUT2D eigenvalue weighted by molar-refractivity contribution is 0.198. The lowest BCUT2D eigenvalue weighted by Gasteiger charge is -2.33. The predicted octanol–water partition coefficient (Wildman–Crippen LogP) is 2.96. The number of benzene rings is 1. The Kier molecular flexibility index (Phi) is 4.51. The summed E-state index contributed by atoms with van der Waals surface area (Å²) in [6, 6.07) is 9.27. The first-order valence-electron chi connectivity index (χ1n) is 7.63. The minimum Gasteiger partial charge on any atom is -0.359 e. The molecule has 0 amide bonds. The highest BCUT2D eigenvalue weighted by molar-refractivity contribution is 7.09. The number of anilines is 1. The summed E-state index contributed by atoms with van der Waals surface area (Å²) in [6.07, 6.45) is 2.05. The first kappa shape index (κ1) is 14.5. The molecule has 2 heterocycles. The van der Waals surface area contributed by atoms with E-state index in [2.05, 4.69) is 57.7 Å². The average Bonchev–Trinajstić information content (AvgIpc) is 3.00. The van der Waals surface area contributed by atoms with Crippen LogP contribution in [0.4, 0.5) is 5.13 Å². The van der Waals surface area contributed by atoms with Gasteiger partial charge in [0.1, 0.15) is 5.82 Å². The van der Waals surface area contributed by atoms with Gasteiger partial charge in [0.25, 0.3) is 0 Å². The van der Waals surface area contributed by atoms with Crippen molar-refractivity contribution in [2.75, 3.05) is 18.4 Å². The van der Waals surface area contributed by atoms with Crippen molar-refractivity contribution < 1.29 is 0 Å². The van der Waals surface area contributed by atoms with Gasteiger partial charge in [0.2, 0.25) is 5.13 Å². The first-order chi connectivity index (χ1) is 10.3. The average molecular weight is 302 g/mol. The molecule has 112 valence electrons. The molecule has 1 unspecified atom stereocenters. The number of rotatable bonds is 5. The zero-order valence-corrected chi connectivity index (χ0v) is 13.5. The van der Waals surface area contributed by atoms with Crippen molar-refractivity contribution >= 4 is 16.7 Å². The van der Waals surface area contributed by atoms with Crippen LogP contribution in [0.25, 0.3) is 0 Å². The Morgan fingerprint density at radius 3 is 2.90 bits per heavy atom. The maximum atomic E-state index is 4.46. The van der Waals surface area contributed by atoms with Gasteiger partial charge in [-0.25, -0.2) is 4.98 Å². The Labute approximate surface area is 130 Å². The van der Waals surface area contributed by atoms with Gasteiger partial charge >= 0.3 is 0 Å². The number of hydrogen-bond acceptors (Lipinski definition) is 5. The Hall–Kier alpha value is -1.46. The third-order valence-electron chi connectivity index (χ3n) is 4.12. The van der Waals surface area contributed by atoms with Crippen molar-refractivity contribution in [1.29, 1.82) is 0 Å². The van der Waals surface area contributed by atoms with Crippen LogP contribution in [-0.4, -0.2) is 33.4 Å². The standard InChI is InChI=1S/C16H22N4S/c1-3-15-18-16(21-19-15)17-10-12(2)20-9-8-13-6-4-5-7-14(13)11-20/h4-7,12H,3,8-11H2,1-2H3,(H,17,18,19). The van der Waals surface area contributed by atoms with Crippen molar-refractivity contribution in [3.63, 3.8) is 0 Å². The number of aromatic nitrogens is 2. The minimum atomic E-state index is 0.493. The molecule has 0 fully saturated rings. The Balaban J connectivity index is 1.55. The maximum Gasteiger partial charge on any atom is 0.202 e.